The molecule has 4 nitrogen and oxygen atoms in total. The normalized spacial score (nSPS) is 9.90. The average molecular weight is 285 g/mol. The molecule has 0 aliphatic heterocycles. The maximum Gasteiger partial charge on any atom is 0.335 e. The number of benzene rings is 2. The number of ether oxygens (including phenoxy) is 1. The number of aromatic carboxylic acids is 1. The van der Waals surface area contributed by atoms with Crippen LogP contribution in [0, 0.1) is 17.1 Å². The third-order valence-corrected chi connectivity index (χ3v) is 2.89. The molecular formula is C16H12FNO3. The average Bonchev–Trinajstić information content (AvgIpc) is 2.48. The minimum atomic E-state index is -1.11. The van der Waals surface area contributed by atoms with Crippen molar-refractivity contribution in [3.8, 4) is 11.8 Å². The second-order valence-corrected chi connectivity index (χ2v) is 4.38. The molecule has 0 aliphatic rings. The summed E-state index contributed by atoms with van der Waals surface area (Å²) < 4.78 is 19.0. The van der Waals surface area contributed by atoms with Crippen molar-refractivity contribution in [2.24, 2.45) is 0 Å². The van der Waals surface area contributed by atoms with E-state index in [1.807, 2.05) is 6.07 Å². The first-order chi connectivity index (χ1) is 10.1. The van der Waals surface area contributed by atoms with Gasteiger partial charge in [0.2, 0.25) is 0 Å². The van der Waals surface area contributed by atoms with Crippen LogP contribution in [0.25, 0.3) is 0 Å². The van der Waals surface area contributed by atoms with Gasteiger partial charge in [0.1, 0.15) is 18.2 Å². The van der Waals surface area contributed by atoms with E-state index < -0.39 is 11.8 Å². The zero-order valence-corrected chi connectivity index (χ0v) is 11.0. The van der Waals surface area contributed by atoms with Crippen molar-refractivity contribution in [3.05, 3.63) is 65.0 Å². The van der Waals surface area contributed by atoms with E-state index in [4.69, 9.17) is 15.1 Å². The molecule has 21 heavy (non-hydrogen) atoms. The van der Waals surface area contributed by atoms with E-state index in [0.717, 1.165) is 11.6 Å². The molecule has 2 aromatic rings. The van der Waals surface area contributed by atoms with Gasteiger partial charge in [-0.05, 0) is 35.9 Å². The summed E-state index contributed by atoms with van der Waals surface area (Å²) in [4.78, 5) is 10.8. The van der Waals surface area contributed by atoms with Crippen LogP contribution < -0.4 is 4.74 Å². The Morgan fingerprint density at radius 2 is 1.95 bits per heavy atom. The van der Waals surface area contributed by atoms with Gasteiger partial charge in [0, 0.05) is 5.56 Å². The lowest BCUT2D eigenvalue weighted by atomic mass is 10.1. The van der Waals surface area contributed by atoms with Gasteiger partial charge in [-0.15, -0.1) is 0 Å². The van der Waals surface area contributed by atoms with Gasteiger partial charge in [0.25, 0.3) is 0 Å². The van der Waals surface area contributed by atoms with Gasteiger partial charge in [-0.3, -0.25) is 0 Å². The third kappa shape index (κ3) is 3.80. The first-order valence-electron chi connectivity index (χ1n) is 6.20. The van der Waals surface area contributed by atoms with Crippen LogP contribution in [0.4, 0.5) is 4.39 Å². The molecule has 0 saturated heterocycles. The van der Waals surface area contributed by atoms with Crippen LogP contribution in [-0.4, -0.2) is 11.1 Å². The Balaban J connectivity index is 2.07. The summed E-state index contributed by atoms with van der Waals surface area (Å²) >= 11 is 0. The second kappa shape index (κ2) is 6.53. The maximum absolute atomic E-state index is 13.6. The van der Waals surface area contributed by atoms with Crippen molar-refractivity contribution < 1.29 is 19.0 Å². The summed E-state index contributed by atoms with van der Waals surface area (Å²) in [5.41, 5.74) is 1.05. The van der Waals surface area contributed by atoms with Crippen LogP contribution in [0.2, 0.25) is 0 Å². The minimum Gasteiger partial charge on any atom is -0.489 e. The fourth-order valence-corrected chi connectivity index (χ4v) is 1.77. The molecule has 0 amide bonds. The minimum absolute atomic E-state index is 0.0133. The van der Waals surface area contributed by atoms with E-state index in [-0.39, 0.29) is 17.7 Å². The fourth-order valence-electron chi connectivity index (χ4n) is 1.77. The second-order valence-electron chi connectivity index (χ2n) is 4.38. The molecule has 106 valence electrons. The Kier molecular flexibility index (Phi) is 4.52. The molecule has 2 rings (SSSR count). The van der Waals surface area contributed by atoms with Gasteiger partial charge < -0.3 is 9.84 Å². The van der Waals surface area contributed by atoms with Gasteiger partial charge in [-0.25, -0.2) is 9.18 Å². The van der Waals surface area contributed by atoms with E-state index in [9.17, 15) is 9.18 Å². The number of hydrogen-bond donors (Lipinski definition) is 1. The summed E-state index contributed by atoms with van der Waals surface area (Å²) in [6.07, 6.45) is 0.315. The number of rotatable bonds is 5. The number of nitriles is 1. The molecule has 2 aromatic carbocycles. The first-order valence-corrected chi connectivity index (χ1v) is 6.20. The predicted molar refractivity (Wildman–Crippen MR) is 73.5 cm³/mol. The third-order valence-electron chi connectivity index (χ3n) is 2.89. The summed E-state index contributed by atoms with van der Waals surface area (Å²) in [6, 6.07) is 12.5. The molecule has 0 heterocycles. The predicted octanol–water partition coefficient (Wildman–Crippen LogP) is 3.17. The number of carboxylic acids is 1. The fraction of sp³-hybridized carbons (Fsp3) is 0.125. The number of carboxylic acid groups (broad SMARTS) is 1. The number of nitrogens with zero attached hydrogens (tertiary/aromatic N) is 1. The van der Waals surface area contributed by atoms with Crippen molar-refractivity contribution in [1.29, 1.82) is 5.26 Å². The largest absolute Gasteiger partial charge is 0.489 e. The topological polar surface area (TPSA) is 70.3 Å². The summed E-state index contributed by atoms with van der Waals surface area (Å²) in [5, 5.41) is 17.4. The number of halogens is 1. The summed E-state index contributed by atoms with van der Waals surface area (Å²) in [7, 11) is 0. The molecule has 0 spiro atoms. The van der Waals surface area contributed by atoms with Crippen LogP contribution >= 0.6 is 0 Å². The maximum atomic E-state index is 13.6. The zero-order chi connectivity index (χ0) is 15.2. The Labute approximate surface area is 121 Å². The highest BCUT2D eigenvalue weighted by atomic mass is 19.1. The molecule has 0 radical (unpaired) electrons. The van der Waals surface area contributed by atoms with Gasteiger partial charge in [0.15, 0.2) is 0 Å². The van der Waals surface area contributed by atoms with Crippen LogP contribution in [0.5, 0.6) is 5.75 Å². The highest BCUT2D eigenvalue weighted by Gasteiger charge is 2.09. The van der Waals surface area contributed by atoms with Crippen molar-refractivity contribution >= 4 is 5.97 Å². The SMILES string of the molecule is N#CCc1ccc(OCc2cc(C(=O)O)ccc2F)cc1. The molecule has 5 heteroatoms. The van der Waals surface area contributed by atoms with Crippen molar-refractivity contribution in [2.75, 3.05) is 0 Å². The van der Waals surface area contributed by atoms with Gasteiger partial charge in [-0.1, -0.05) is 12.1 Å². The van der Waals surface area contributed by atoms with Crippen molar-refractivity contribution in [3.63, 3.8) is 0 Å². The van der Waals surface area contributed by atoms with E-state index in [2.05, 4.69) is 0 Å². The Morgan fingerprint density at radius 1 is 1.24 bits per heavy atom. The Morgan fingerprint density at radius 3 is 2.57 bits per heavy atom. The van der Waals surface area contributed by atoms with Crippen molar-refractivity contribution in [2.45, 2.75) is 13.0 Å². The molecule has 1 N–H and O–H groups in total. The lowest BCUT2D eigenvalue weighted by Crippen LogP contribution is -2.03. The van der Waals surface area contributed by atoms with Gasteiger partial charge >= 0.3 is 5.97 Å². The van der Waals surface area contributed by atoms with E-state index in [0.29, 0.717) is 12.2 Å². The first kappa shape index (κ1) is 14.5. The van der Waals surface area contributed by atoms with Gasteiger partial charge in [-0.2, -0.15) is 5.26 Å². The molecule has 0 saturated carbocycles. The smallest absolute Gasteiger partial charge is 0.335 e. The molecule has 0 bridgehead atoms. The number of carbonyl (C=O) groups is 1. The zero-order valence-electron chi connectivity index (χ0n) is 11.0. The van der Waals surface area contributed by atoms with E-state index >= 15 is 0 Å². The monoisotopic (exact) mass is 285 g/mol. The number of hydrogen-bond acceptors (Lipinski definition) is 3. The molecule has 0 aliphatic carbocycles. The lowest BCUT2D eigenvalue weighted by molar-refractivity contribution is 0.0696. The Hall–Kier alpha value is -2.87. The molecule has 0 unspecified atom stereocenters. The van der Waals surface area contributed by atoms with Crippen LogP contribution in [-0.2, 0) is 13.0 Å². The lowest BCUT2D eigenvalue weighted by Gasteiger charge is -2.08. The summed E-state index contributed by atoms with van der Waals surface area (Å²) in [5.74, 6) is -1.10. The Bertz CT molecular complexity index is 690. The van der Waals surface area contributed by atoms with Crippen LogP contribution in [0.1, 0.15) is 21.5 Å². The van der Waals surface area contributed by atoms with Crippen molar-refractivity contribution in [1.82, 2.24) is 0 Å². The van der Waals surface area contributed by atoms with Gasteiger partial charge in [0.05, 0.1) is 18.1 Å². The summed E-state index contributed by atoms with van der Waals surface area (Å²) in [6.45, 7) is -0.0649. The highest BCUT2D eigenvalue weighted by molar-refractivity contribution is 5.87. The van der Waals surface area contributed by atoms with E-state index in [1.165, 1.54) is 12.1 Å². The molecular weight excluding hydrogens is 273 g/mol. The molecule has 0 fully saturated rings. The quantitative estimate of drug-likeness (QED) is 0.916. The van der Waals surface area contributed by atoms with Crippen LogP contribution in [0.3, 0.4) is 0 Å². The standard InChI is InChI=1S/C16H12FNO3/c17-15-6-3-12(16(19)20)9-13(15)10-21-14-4-1-11(2-5-14)7-8-18/h1-6,9H,7,10H2,(H,19,20). The highest BCUT2D eigenvalue weighted by Crippen LogP contribution is 2.17. The van der Waals surface area contributed by atoms with Crippen LogP contribution in [0.15, 0.2) is 42.5 Å². The van der Waals surface area contributed by atoms with E-state index in [1.54, 1.807) is 24.3 Å². The molecule has 0 atom stereocenters. The molecule has 0 aromatic heterocycles.